The van der Waals surface area contributed by atoms with Crippen molar-refractivity contribution in [3.8, 4) is 0 Å². The van der Waals surface area contributed by atoms with Crippen LogP contribution in [0.2, 0.25) is 0 Å². The van der Waals surface area contributed by atoms with Crippen molar-refractivity contribution in [2.24, 2.45) is 0 Å². The lowest BCUT2D eigenvalue weighted by atomic mass is 10.0. The highest BCUT2D eigenvalue weighted by molar-refractivity contribution is 5.36. The molecule has 1 saturated heterocycles. The van der Waals surface area contributed by atoms with E-state index in [-0.39, 0.29) is 11.3 Å². The lowest BCUT2D eigenvalue weighted by Gasteiger charge is -2.22. The monoisotopic (exact) mass is 493 g/mol. The van der Waals surface area contributed by atoms with Crippen LogP contribution in [0.25, 0.3) is 0 Å². The third kappa shape index (κ3) is 6.21. The number of hydrogen-bond acceptors (Lipinski definition) is 9. The highest BCUT2D eigenvalue weighted by Crippen LogP contribution is 2.30. The van der Waals surface area contributed by atoms with Gasteiger partial charge < -0.3 is 24.8 Å². The number of rotatable bonds is 12. The van der Waals surface area contributed by atoms with Crippen molar-refractivity contribution in [2.45, 2.75) is 69.7 Å². The van der Waals surface area contributed by atoms with Crippen molar-refractivity contribution in [1.29, 1.82) is 0 Å². The van der Waals surface area contributed by atoms with Gasteiger partial charge in [0.15, 0.2) is 6.23 Å². The summed E-state index contributed by atoms with van der Waals surface area (Å²) >= 11 is 0. The van der Waals surface area contributed by atoms with Crippen LogP contribution in [-0.4, -0.2) is 61.3 Å². The molecule has 2 aromatic rings. The summed E-state index contributed by atoms with van der Waals surface area (Å²) in [4.78, 5) is 38.0. The lowest BCUT2D eigenvalue weighted by Crippen LogP contribution is -2.39. The molecule has 1 fully saturated rings. The Morgan fingerprint density at radius 3 is 2.43 bits per heavy atom. The Morgan fingerprint density at radius 1 is 1.14 bits per heavy atom. The molecule has 2 heterocycles. The largest absolute Gasteiger partial charge is 0.394 e. The van der Waals surface area contributed by atoms with Crippen LogP contribution < -0.4 is 11.2 Å². The molecule has 4 N–H and O–H groups in total. The molecule has 5 atom stereocenters. The van der Waals surface area contributed by atoms with Gasteiger partial charge in [-0.3, -0.25) is 24.5 Å². The van der Waals surface area contributed by atoms with E-state index in [0.717, 1.165) is 36.7 Å². The van der Waals surface area contributed by atoms with E-state index in [9.17, 15) is 35.0 Å². The second-order valence-corrected chi connectivity index (χ2v) is 8.49. The quantitative estimate of drug-likeness (QED) is 0.192. The van der Waals surface area contributed by atoms with Gasteiger partial charge in [0, 0.05) is 24.9 Å². The number of aliphatic hydroxyl groups excluding tert-OH is 3. The summed E-state index contributed by atoms with van der Waals surface area (Å²) in [6, 6.07) is 5.54. The van der Waals surface area contributed by atoms with Crippen LogP contribution >= 0.6 is 0 Å². The number of H-pyrrole nitrogens is 1. The average Bonchev–Trinajstić information content (AvgIpc) is 3.13. The summed E-state index contributed by atoms with van der Waals surface area (Å²) in [5.41, 5.74) is -1.26. The Balaban J connectivity index is 1.95. The number of ether oxygens (including phenoxy) is 2. The molecule has 0 bridgehead atoms. The summed E-state index contributed by atoms with van der Waals surface area (Å²) < 4.78 is 12.4. The molecule has 1 aliphatic rings. The fourth-order valence-corrected chi connectivity index (χ4v) is 4.03. The van der Waals surface area contributed by atoms with Crippen molar-refractivity contribution in [1.82, 2.24) is 9.55 Å². The zero-order valence-electron chi connectivity index (χ0n) is 19.4. The molecule has 3 rings (SSSR count). The van der Waals surface area contributed by atoms with Crippen LogP contribution in [0.1, 0.15) is 62.5 Å². The van der Waals surface area contributed by atoms with Gasteiger partial charge in [-0.1, -0.05) is 32.6 Å². The van der Waals surface area contributed by atoms with Crippen LogP contribution in [0.15, 0.2) is 40.1 Å². The number of nitrogens with zero attached hydrogens (tertiary/aromatic N) is 2. The normalized spacial score (nSPS) is 22.9. The Labute approximate surface area is 200 Å². The van der Waals surface area contributed by atoms with Crippen LogP contribution in [0.5, 0.6) is 0 Å². The van der Waals surface area contributed by atoms with Gasteiger partial charge in [0.25, 0.3) is 11.2 Å². The maximum atomic E-state index is 12.8. The maximum absolute atomic E-state index is 12.8. The predicted octanol–water partition coefficient (Wildman–Crippen LogP) is 1.13. The first-order valence-electron chi connectivity index (χ1n) is 11.6. The third-order valence-corrected chi connectivity index (χ3v) is 6.01. The Bertz CT molecular complexity index is 1100. The summed E-state index contributed by atoms with van der Waals surface area (Å²) in [6.45, 7) is 1.83. The van der Waals surface area contributed by atoms with E-state index in [0.29, 0.717) is 12.2 Å². The molecule has 0 amide bonds. The topological polar surface area (TPSA) is 177 Å². The molecule has 35 heavy (non-hydrogen) atoms. The van der Waals surface area contributed by atoms with E-state index in [4.69, 9.17) is 9.47 Å². The molecule has 0 radical (unpaired) electrons. The summed E-state index contributed by atoms with van der Waals surface area (Å²) in [5.74, 6) is 0. The minimum Gasteiger partial charge on any atom is -0.394 e. The molecular weight excluding hydrogens is 462 g/mol. The smallest absolute Gasteiger partial charge is 0.330 e. The van der Waals surface area contributed by atoms with Crippen molar-refractivity contribution in [3.63, 3.8) is 0 Å². The summed E-state index contributed by atoms with van der Waals surface area (Å²) in [7, 11) is 0. The third-order valence-electron chi connectivity index (χ3n) is 6.01. The second kappa shape index (κ2) is 12.2. The molecule has 0 saturated carbocycles. The Morgan fingerprint density at radius 2 is 1.83 bits per heavy atom. The van der Waals surface area contributed by atoms with Gasteiger partial charge in [-0.25, -0.2) is 4.79 Å². The van der Waals surface area contributed by atoms with Gasteiger partial charge in [0.05, 0.1) is 17.1 Å². The number of non-ortho nitro benzene ring substituents is 1. The number of aliphatic hydroxyl groups is 3. The fourth-order valence-electron chi connectivity index (χ4n) is 4.03. The van der Waals surface area contributed by atoms with Gasteiger partial charge in [-0.2, -0.15) is 0 Å². The highest BCUT2D eigenvalue weighted by Gasteiger charge is 2.44. The molecule has 1 unspecified atom stereocenters. The van der Waals surface area contributed by atoms with Gasteiger partial charge >= 0.3 is 5.69 Å². The van der Waals surface area contributed by atoms with E-state index in [1.54, 1.807) is 0 Å². The number of unbranched alkanes of at least 4 members (excludes halogenated alkanes) is 4. The van der Waals surface area contributed by atoms with Crippen molar-refractivity contribution in [3.05, 3.63) is 72.5 Å². The molecule has 0 aliphatic carbocycles. The van der Waals surface area contributed by atoms with E-state index < -0.39 is 53.4 Å². The first-order valence-corrected chi connectivity index (χ1v) is 11.6. The van der Waals surface area contributed by atoms with Crippen molar-refractivity contribution < 1.29 is 29.7 Å². The molecule has 1 aliphatic heterocycles. The van der Waals surface area contributed by atoms with E-state index >= 15 is 0 Å². The minimum atomic E-state index is -1.53. The molecule has 1 aromatic heterocycles. The molecular formula is C23H31N3O9. The Hall–Kier alpha value is -2.90. The van der Waals surface area contributed by atoms with Crippen molar-refractivity contribution in [2.75, 3.05) is 13.2 Å². The van der Waals surface area contributed by atoms with Crippen LogP contribution in [0.4, 0.5) is 5.69 Å². The van der Waals surface area contributed by atoms with Crippen LogP contribution in [0.3, 0.4) is 0 Å². The minimum absolute atomic E-state index is 0.0183. The van der Waals surface area contributed by atoms with Gasteiger partial charge in [-0.15, -0.1) is 0 Å². The maximum Gasteiger partial charge on any atom is 0.330 e. The van der Waals surface area contributed by atoms with Gasteiger partial charge in [0.2, 0.25) is 0 Å². The SMILES string of the molecule is CCCCCCCOC(c1ccc([N+](=O)[O-])cc1)c1cn([C@@H]2O[C@H](CO)[C@@H](O)[C@H]2O)c(=O)[nH]c1=O. The number of aromatic amines is 1. The number of nitrogens with one attached hydrogen (secondary N) is 1. The molecule has 1 aromatic carbocycles. The number of benzene rings is 1. The van der Waals surface area contributed by atoms with Gasteiger partial charge in [-0.05, 0) is 24.1 Å². The second-order valence-electron chi connectivity index (χ2n) is 8.49. The van der Waals surface area contributed by atoms with E-state index in [1.165, 1.54) is 30.5 Å². The number of hydrogen-bond donors (Lipinski definition) is 4. The molecule has 12 nitrogen and oxygen atoms in total. The zero-order chi connectivity index (χ0) is 25.5. The highest BCUT2D eigenvalue weighted by atomic mass is 16.6. The number of nitro benzene ring substituents is 1. The van der Waals surface area contributed by atoms with E-state index in [1.807, 2.05) is 0 Å². The molecule has 12 heteroatoms. The van der Waals surface area contributed by atoms with E-state index in [2.05, 4.69) is 11.9 Å². The average molecular weight is 494 g/mol. The van der Waals surface area contributed by atoms with Crippen LogP contribution in [-0.2, 0) is 9.47 Å². The lowest BCUT2D eigenvalue weighted by molar-refractivity contribution is -0.384. The first-order chi connectivity index (χ1) is 16.8. The zero-order valence-corrected chi connectivity index (χ0v) is 19.4. The summed E-state index contributed by atoms with van der Waals surface area (Å²) in [5, 5.41) is 40.8. The fraction of sp³-hybridized carbons (Fsp3) is 0.565. The predicted molar refractivity (Wildman–Crippen MR) is 124 cm³/mol. The number of nitro groups is 1. The first kappa shape index (κ1) is 26.7. The summed E-state index contributed by atoms with van der Waals surface area (Å²) in [6.07, 6.45) is -0.310. The molecule has 0 spiro atoms. The molecule has 192 valence electrons. The number of aromatic nitrogens is 2. The standard InChI is InChI=1S/C23H31N3O9/c1-2-3-4-5-6-11-34-20(14-7-9-15(10-8-14)26(32)33)16-12-25(23(31)24-21(16)30)22-19(29)18(28)17(13-27)35-22/h7-10,12,17-20,22,27-29H,2-6,11,13H2,1H3,(H,24,30,31)/t17-,18-,19-,20?,22-/m1/s1. The Kier molecular flexibility index (Phi) is 9.29. The van der Waals surface area contributed by atoms with Crippen LogP contribution in [0, 0.1) is 10.1 Å². The van der Waals surface area contributed by atoms with Crippen molar-refractivity contribution >= 4 is 5.69 Å². The van der Waals surface area contributed by atoms with Gasteiger partial charge in [0.1, 0.15) is 24.4 Å².